The molecule has 1 fully saturated rings. The summed E-state index contributed by atoms with van der Waals surface area (Å²) in [7, 11) is 0. The molecule has 128 valence electrons. The van der Waals surface area contributed by atoms with Crippen LogP contribution in [0.5, 0.6) is 0 Å². The predicted octanol–water partition coefficient (Wildman–Crippen LogP) is 2.86. The van der Waals surface area contributed by atoms with E-state index in [0.717, 1.165) is 17.9 Å². The molecule has 2 aromatic rings. The van der Waals surface area contributed by atoms with Gasteiger partial charge in [-0.15, -0.1) is 11.3 Å². The van der Waals surface area contributed by atoms with Crippen LogP contribution in [0.25, 0.3) is 0 Å². The lowest BCUT2D eigenvalue weighted by atomic mass is 10.1. The molecular weight excluding hydrogens is 331 g/mol. The Morgan fingerprint density at radius 1 is 1.46 bits per heavy atom. The highest BCUT2D eigenvalue weighted by Crippen LogP contribution is 2.22. The van der Waals surface area contributed by atoms with Crippen molar-refractivity contribution in [2.45, 2.75) is 12.8 Å². The number of rotatable bonds is 7. The summed E-state index contributed by atoms with van der Waals surface area (Å²) in [6.45, 7) is 2.00. The number of amides is 1. The van der Waals surface area contributed by atoms with Gasteiger partial charge in [-0.25, -0.2) is 9.37 Å². The number of carbonyl (C=O) groups is 1. The summed E-state index contributed by atoms with van der Waals surface area (Å²) in [4.78, 5) is 16.9. The van der Waals surface area contributed by atoms with E-state index in [-0.39, 0.29) is 18.3 Å². The van der Waals surface area contributed by atoms with Crippen LogP contribution in [0.3, 0.4) is 0 Å². The van der Waals surface area contributed by atoms with Crippen molar-refractivity contribution >= 4 is 22.4 Å². The van der Waals surface area contributed by atoms with Crippen molar-refractivity contribution in [2.75, 3.05) is 31.7 Å². The van der Waals surface area contributed by atoms with Gasteiger partial charge >= 0.3 is 0 Å². The van der Waals surface area contributed by atoms with Gasteiger partial charge in [0.05, 0.1) is 13.2 Å². The first-order chi connectivity index (χ1) is 11.7. The molecule has 1 amide bonds. The molecule has 3 rings (SSSR count). The third kappa shape index (κ3) is 4.83. The van der Waals surface area contributed by atoms with Crippen molar-refractivity contribution in [2.24, 2.45) is 5.92 Å². The number of nitrogens with zero attached hydrogens (tertiary/aromatic N) is 1. The van der Waals surface area contributed by atoms with E-state index < -0.39 is 0 Å². The molecule has 24 heavy (non-hydrogen) atoms. The van der Waals surface area contributed by atoms with E-state index in [9.17, 15) is 9.18 Å². The van der Waals surface area contributed by atoms with E-state index in [1.807, 2.05) is 0 Å². The minimum Gasteiger partial charge on any atom is -0.381 e. The molecule has 0 aliphatic carbocycles. The molecule has 1 saturated heterocycles. The molecule has 7 heteroatoms. The highest BCUT2D eigenvalue weighted by molar-refractivity contribution is 7.15. The molecule has 1 aromatic heterocycles. The zero-order chi connectivity index (χ0) is 16.8. The number of anilines is 1. The van der Waals surface area contributed by atoms with Crippen LogP contribution in [0.1, 0.15) is 16.9 Å². The first-order valence-corrected chi connectivity index (χ1v) is 8.66. The number of nitrogens with one attached hydrogen (secondary N) is 1. The van der Waals surface area contributed by atoms with Crippen molar-refractivity contribution in [3.8, 4) is 0 Å². The maximum Gasteiger partial charge on any atom is 0.252 e. The fourth-order valence-electron chi connectivity index (χ4n) is 2.46. The number of aromatic nitrogens is 1. The number of hydrogen-bond donors (Lipinski definition) is 1. The number of ether oxygens (including phenoxy) is 2. The lowest BCUT2D eigenvalue weighted by Gasteiger charge is -2.08. The van der Waals surface area contributed by atoms with Crippen LogP contribution < -0.4 is 5.32 Å². The quantitative estimate of drug-likeness (QED) is 0.834. The number of thiazole rings is 1. The van der Waals surface area contributed by atoms with Crippen LogP contribution in [0.15, 0.2) is 30.5 Å². The van der Waals surface area contributed by atoms with Crippen LogP contribution in [0.4, 0.5) is 9.52 Å². The van der Waals surface area contributed by atoms with E-state index in [1.165, 1.54) is 17.4 Å². The average Bonchev–Trinajstić information content (AvgIpc) is 3.22. The van der Waals surface area contributed by atoms with Gasteiger partial charge in [-0.05, 0) is 18.1 Å². The van der Waals surface area contributed by atoms with Gasteiger partial charge in [0.15, 0.2) is 5.13 Å². The van der Waals surface area contributed by atoms with E-state index in [2.05, 4.69) is 10.3 Å². The summed E-state index contributed by atoms with van der Waals surface area (Å²) >= 11 is 1.34. The molecule has 1 aromatic carbocycles. The molecular formula is C17H19FN2O3S. The summed E-state index contributed by atoms with van der Waals surface area (Å²) in [5.74, 6) is -0.0912. The lowest BCUT2D eigenvalue weighted by molar-refractivity contribution is -0.121. The van der Waals surface area contributed by atoms with Gasteiger partial charge < -0.3 is 9.47 Å². The average molecular weight is 350 g/mol. The molecule has 2 heterocycles. The van der Waals surface area contributed by atoms with Crippen LogP contribution >= 0.6 is 11.3 Å². The van der Waals surface area contributed by atoms with Crippen molar-refractivity contribution in [3.63, 3.8) is 0 Å². The summed E-state index contributed by atoms with van der Waals surface area (Å²) in [6.07, 6.45) is 3.09. The zero-order valence-electron chi connectivity index (χ0n) is 13.2. The second kappa shape index (κ2) is 8.32. The minimum atomic E-state index is -0.235. The van der Waals surface area contributed by atoms with Gasteiger partial charge in [-0.3, -0.25) is 10.1 Å². The van der Waals surface area contributed by atoms with Crippen LogP contribution in [-0.4, -0.2) is 37.3 Å². The Kier molecular flexibility index (Phi) is 5.90. The number of halogens is 1. The van der Waals surface area contributed by atoms with Gasteiger partial charge in [-0.1, -0.05) is 18.2 Å². The maximum atomic E-state index is 13.6. The van der Waals surface area contributed by atoms with Gasteiger partial charge in [0, 0.05) is 30.0 Å². The Morgan fingerprint density at radius 2 is 2.33 bits per heavy atom. The zero-order valence-corrected chi connectivity index (χ0v) is 14.0. The summed E-state index contributed by atoms with van der Waals surface area (Å²) in [6, 6.07) is 6.64. The van der Waals surface area contributed by atoms with Gasteiger partial charge in [0.1, 0.15) is 12.4 Å². The second-order valence-corrected chi connectivity index (χ2v) is 6.81. The molecule has 0 saturated carbocycles. The number of carbonyl (C=O) groups excluding carboxylic acids is 1. The van der Waals surface area contributed by atoms with Gasteiger partial charge in [0.25, 0.3) is 5.91 Å². The fourth-order valence-corrected chi connectivity index (χ4v) is 3.32. The normalized spacial score (nSPS) is 17.1. The molecule has 1 aliphatic rings. The maximum absolute atomic E-state index is 13.6. The topological polar surface area (TPSA) is 60.5 Å². The summed E-state index contributed by atoms with van der Waals surface area (Å²) in [5, 5.41) is 3.21. The highest BCUT2D eigenvalue weighted by atomic mass is 32.1. The Bertz CT molecular complexity index is 686. The monoisotopic (exact) mass is 350 g/mol. The summed E-state index contributed by atoms with van der Waals surface area (Å²) in [5.41, 5.74) is 0.612. The van der Waals surface area contributed by atoms with Crippen LogP contribution in [0, 0.1) is 11.7 Å². The van der Waals surface area contributed by atoms with Crippen molar-refractivity contribution < 1.29 is 18.7 Å². The molecule has 0 bridgehead atoms. The molecule has 1 atom stereocenters. The Morgan fingerprint density at radius 3 is 3.12 bits per heavy atom. The predicted molar refractivity (Wildman–Crippen MR) is 89.7 cm³/mol. The molecule has 0 spiro atoms. The van der Waals surface area contributed by atoms with E-state index in [0.29, 0.717) is 36.2 Å². The Hall–Kier alpha value is -1.83. The first kappa shape index (κ1) is 17.0. The SMILES string of the molecule is O=C(COCC1CCOC1)Nc1ncc(Cc2ccccc2F)s1. The largest absolute Gasteiger partial charge is 0.381 e. The smallest absolute Gasteiger partial charge is 0.252 e. The molecule has 1 N–H and O–H groups in total. The highest BCUT2D eigenvalue weighted by Gasteiger charge is 2.16. The van der Waals surface area contributed by atoms with E-state index >= 15 is 0 Å². The van der Waals surface area contributed by atoms with Crippen molar-refractivity contribution in [1.29, 1.82) is 0 Å². The molecule has 1 unspecified atom stereocenters. The van der Waals surface area contributed by atoms with E-state index in [1.54, 1.807) is 24.4 Å². The van der Waals surface area contributed by atoms with Crippen LogP contribution in [0.2, 0.25) is 0 Å². The second-order valence-electron chi connectivity index (χ2n) is 5.69. The summed E-state index contributed by atoms with van der Waals surface area (Å²) < 4.78 is 24.3. The van der Waals surface area contributed by atoms with Crippen molar-refractivity contribution in [1.82, 2.24) is 4.98 Å². The molecule has 5 nitrogen and oxygen atoms in total. The van der Waals surface area contributed by atoms with Crippen LogP contribution in [-0.2, 0) is 20.7 Å². The van der Waals surface area contributed by atoms with Gasteiger partial charge in [0.2, 0.25) is 0 Å². The van der Waals surface area contributed by atoms with Gasteiger partial charge in [-0.2, -0.15) is 0 Å². The Balaban J connectivity index is 1.45. The molecule has 1 aliphatic heterocycles. The number of hydrogen-bond acceptors (Lipinski definition) is 5. The van der Waals surface area contributed by atoms with E-state index in [4.69, 9.17) is 9.47 Å². The molecule has 0 radical (unpaired) electrons. The third-order valence-corrected chi connectivity index (χ3v) is 4.65. The first-order valence-electron chi connectivity index (χ1n) is 7.84. The Labute approximate surface area is 143 Å². The van der Waals surface area contributed by atoms with Crippen molar-refractivity contribution in [3.05, 3.63) is 46.7 Å². The number of benzene rings is 1. The minimum absolute atomic E-state index is 0.00126. The standard InChI is InChI=1S/C17H19FN2O3S/c18-15-4-2-1-3-13(15)7-14-8-19-17(24-14)20-16(21)11-23-10-12-5-6-22-9-12/h1-4,8,12H,5-7,9-11H2,(H,19,20,21). The fraction of sp³-hybridized carbons (Fsp3) is 0.412. The third-order valence-electron chi connectivity index (χ3n) is 3.73. The lowest BCUT2D eigenvalue weighted by Crippen LogP contribution is -2.20.